The molecule has 0 heterocycles. The van der Waals surface area contributed by atoms with E-state index in [9.17, 15) is 15.0 Å². The van der Waals surface area contributed by atoms with Crippen LogP contribution < -0.4 is 0 Å². The topological polar surface area (TPSA) is 57.5 Å². The average Bonchev–Trinajstić information content (AvgIpc) is 2.84. The zero-order valence-corrected chi connectivity index (χ0v) is 15.1. The van der Waals surface area contributed by atoms with E-state index in [1.807, 2.05) is 0 Å². The highest BCUT2D eigenvalue weighted by Crippen LogP contribution is 2.64. The molecule has 3 heteroatoms. The first-order valence-electron chi connectivity index (χ1n) is 9.55. The van der Waals surface area contributed by atoms with Crippen LogP contribution in [0.15, 0.2) is 23.3 Å². The summed E-state index contributed by atoms with van der Waals surface area (Å²) in [5.74, 6) is 0.950. The molecule has 3 fully saturated rings. The quantitative estimate of drug-likeness (QED) is 0.775. The number of rotatable bonds is 1. The zero-order chi connectivity index (χ0) is 17.3. The minimum atomic E-state index is -0.388. The molecule has 0 saturated heterocycles. The molecule has 4 aliphatic carbocycles. The van der Waals surface area contributed by atoms with E-state index in [1.165, 1.54) is 11.1 Å². The van der Waals surface area contributed by atoms with Crippen LogP contribution in [0.1, 0.15) is 59.3 Å². The maximum atomic E-state index is 12.2. The zero-order valence-electron chi connectivity index (χ0n) is 15.1. The number of allylic oxidation sites excluding steroid dienone is 2. The molecule has 0 spiro atoms. The Labute approximate surface area is 144 Å². The van der Waals surface area contributed by atoms with Gasteiger partial charge in [0.05, 0.1) is 12.2 Å². The Balaban J connectivity index is 1.77. The Morgan fingerprint density at radius 1 is 1.17 bits per heavy atom. The predicted molar refractivity (Wildman–Crippen MR) is 93.2 cm³/mol. The molecule has 0 aromatic carbocycles. The first-order valence-corrected chi connectivity index (χ1v) is 9.55. The maximum Gasteiger partial charge on any atom is 0.133 e. The average molecular weight is 330 g/mol. The Bertz CT molecular complexity index is 633. The summed E-state index contributed by atoms with van der Waals surface area (Å²) in [7, 11) is 0. The second kappa shape index (κ2) is 5.28. The molecule has 2 N–H and O–H groups in total. The molecule has 4 aliphatic rings. The van der Waals surface area contributed by atoms with Gasteiger partial charge in [-0.25, -0.2) is 0 Å². The third kappa shape index (κ3) is 2.07. The SMILES string of the molecule is CC(=O)[C@H]1CC[C@H]2C3=CC=C4C[C@@H](O)CC[C@@]4(C)[C@@H]3[C@H](O)C[C@]12C. The van der Waals surface area contributed by atoms with Crippen molar-refractivity contribution in [2.75, 3.05) is 0 Å². The van der Waals surface area contributed by atoms with Crippen molar-refractivity contribution in [1.82, 2.24) is 0 Å². The number of carbonyl (C=O) groups is 1. The summed E-state index contributed by atoms with van der Waals surface area (Å²) in [5, 5.41) is 21.2. The first-order chi connectivity index (χ1) is 11.3. The second-order valence-corrected chi connectivity index (χ2v) is 9.22. The van der Waals surface area contributed by atoms with Gasteiger partial charge < -0.3 is 10.2 Å². The number of hydrogen-bond donors (Lipinski definition) is 2. The predicted octanol–water partition coefficient (Wildman–Crippen LogP) is 3.41. The van der Waals surface area contributed by atoms with Crippen LogP contribution in [-0.4, -0.2) is 28.2 Å². The van der Waals surface area contributed by atoms with Crippen molar-refractivity contribution in [3.63, 3.8) is 0 Å². The molecule has 0 amide bonds. The van der Waals surface area contributed by atoms with Gasteiger partial charge in [-0.1, -0.05) is 37.1 Å². The molecule has 0 aromatic heterocycles. The highest BCUT2D eigenvalue weighted by molar-refractivity contribution is 5.79. The van der Waals surface area contributed by atoms with Crippen molar-refractivity contribution in [3.8, 4) is 0 Å². The van der Waals surface area contributed by atoms with Crippen molar-refractivity contribution < 1.29 is 15.0 Å². The van der Waals surface area contributed by atoms with Gasteiger partial charge in [-0.3, -0.25) is 4.79 Å². The minimum absolute atomic E-state index is 0.0294. The molecule has 0 radical (unpaired) electrons. The Kier molecular flexibility index (Phi) is 3.64. The largest absolute Gasteiger partial charge is 0.393 e. The monoisotopic (exact) mass is 330 g/mol. The molecule has 24 heavy (non-hydrogen) atoms. The minimum Gasteiger partial charge on any atom is -0.393 e. The third-order valence-electron chi connectivity index (χ3n) is 7.97. The summed E-state index contributed by atoms with van der Waals surface area (Å²) in [6, 6.07) is 0. The van der Waals surface area contributed by atoms with Gasteiger partial charge in [-0.15, -0.1) is 0 Å². The lowest BCUT2D eigenvalue weighted by atomic mass is 9.49. The number of carbonyl (C=O) groups excluding carboxylic acids is 1. The Morgan fingerprint density at radius 3 is 2.62 bits per heavy atom. The fraction of sp³-hybridized carbons (Fsp3) is 0.762. The van der Waals surface area contributed by atoms with Gasteiger partial charge in [-0.05, 0) is 62.2 Å². The smallest absolute Gasteiger partial charge is 0.133 e. The van der Waals surface area contributed by atoms with E-state index in [4.69, 9.17) is 0 Å². The first kappa shape index (κ1) is 16.5. The molecule has 0 aromatic rings. The molecule has 0 bridgehead atoms. The van der Waals surface area contributed by atoms with Crippen LogP contribution in [0.3, 0.4) is 0 Å². The van der Waals surface area contributed by atoms with Gasteiger partial charge in [0.25, 0.3) is 0 Å². The van der Waals surface area contributed by atoms with Crippen LogP contribution in [0.5, 0.6) is 0 Å². The van der Waals surface area contributed by atoms with Gasteiger partial charge >= 0.3 is 0 Å². The van der Waals surface area contributed by atoms with E-state index in [0.29, 0.717) is 5.92 Å². The van der Waals surface area contributed by atoms with Crippen LogP contribution in [0, 0.1) is 28.6 Å². The van der Waals surface area contributed by atoms with Crippen molar-refractivity contribution in [2.24, 2.45) is 28.6 Å². The Hall–Kier alpha value is -0.930. The van der Waals surface area contributed by atoms with Crippen LogP contribution >= 0.6 is 0 Å². The van der Waals surface area contributed by atoms with E-state index >= 15 is 0 Å². The van der Waals surface area contributed by atoms with Crippen molar-refractivity contribution in [2.45, 2.75) is 71.5 Å². The summed E-state index contributed by atoms with van der Waals surface area (Å²) in [5.41, 5.74) is 2.56. The van der Waals surface area contributed by atoms with Gasteiger partial charge in [0, 0.05) is 11.8 Å². The number of Topliss-reactive ketones (excluding diaryl/α,β-unsaturated/α-hetero) is 1. The third-order valence-corrected chi connectivity index (χ3v) is 7.97. The molecule has 3 nitrogen and oxygen atoms in total. The summed E-state index contributed by atoms with van der Waals surface area (Å²) in [4.78, 5) is 12.2. The van der Waals surface area contributed by atoms with Crippen molar-refractivity contribution in [3.05, 3.63) is 23.3 Å². The van der Waals surface area contributed by atoms with Gasteiger partial charge in [0.2, 0.25) is 0 Å². The van der Waals surface area contributed by atoms with E-state index in [0.717, 1.165) is 38.5 Å². The number of hydrogen-bond acceptors (Lipinski definition) is 3. The molecule has 0 aliphatic heterocycles. The lowest BCUT2D eigenvalue weighted by molar-refractivity contribution is -0.126. The number of aliphatic hydroxyl groups is 2. The number of ketones is 1. The lowest BCUT2D eigenvalue weighted by Crippen LogP contribution is -2.52. The summed E-state index contributed by atoms with van der Waals surface area (Å²) in [6.07, 6.45) is 9.08. The second-order valence-electron chi connectivity index (χ2n) is 9.22. The van der Waals surface area contributed by atoms with Crippen LogP contribution in [0.2, 0.25) is 0 Å². The lowest BCUT2D eigenvalue weighted by Gasteiger charge is -2.56. The number of fused-ring (bicyclic) bond motifs is 5. The standard InChI is InChI=1S/C21H30O3/c1-12(22)16-6-7-17-15-5-4-13-10-14(23)8-9-20(13,2)19(15)18(24)11-21(16,17)3/h4-5,14,16-19,23-24H,6-11H2,1-3H3/t14-,16+,17-,18+,19-,20+,21+/m0/s1. The molecule has 4 rings (SSSR count). The molecular formula is C21H30O3. The fourth-order valence-electron chi connectivity index (χ4n) is 6.78. The van der Waals surface area contributed by atoms with Crippen LogP contribution in [0.4, 0.5) is 0 Å². The van der Waals surface area contributed by atoms with Gasteiger partial charge in [0.1, 0.15) is 5.78 Å². The van der Waals surface area contributed by atoms with Gasteiger partial charge in [0.15, 0.2) is 0 Å². The van der Waals surface area contributed by atoms with Crippen molar-refractivity contribution in [1.29, 1.82) is 0 Å². The normalized spacial score (nSPS) is 50.3. The number of aliphatic hydroxyl groups excluding tert-OH is 2. The van der Waals surface area contributed by atoms with E-state index in [1.54, 1.807) is 6.92 Å². The highest BCUT2D eigenvalue weighted by atomic mass is 16.3. The Morgan fingerprint density at radius 2 is 1.92 bits per heavy atom. The van der Waals surface area contributed by atoms with Gasteiger partial charge in [-0.2, -0.15) is 0 Å². The van der Waals surface area contributed by atoms with E-state index in [-0.39, 0.29) is 40.7 Å². The molecule has 3 saturated carbocycles. The van der Waals surface area contributed by atoms with Crippen molar-refractivity contribution >= 4 is 5.78 Å². The summed E-state index contributed by atoms with van der Waals surface area (Å²) < 4.78 is 0. The maximum absolute atomic E-state index is 12.2. The molecular weight excluding hydrogens is 300 g/mol. The highest BCUT2D eigenvalue weighted by Gasteiger charge is 2.60. The van der Waals surface area contributed by atoms with E-state index < -0.39 is 0 Å². The van der Waals surface area contributed by atoms with Crippen LogP contribution in [0.25, 0.3) is 0 Å². The van der Waals surface area contributed by atoms with Crippen LogP contribution in [-0.2, 0) is 4.79 Å². The fourth-order valence-corrected chi connectivity index (χ4v) is 6.78. The summed E-state index contributed by atoms with van der Waals surface area (Å²) in [6.45, 7) is 6.22. The summed E-state index contributed by atoms with van der Waals surface area (Å²) >= 11 is 0. The molecule has 132 valence electrons. The molecule has 7 atom stereocenters. The molecule has 0 unspecified atom stereocenters. The van der Waals surface area contributed by atoms with E-state index in [2.05, 4.69) is 26.0 Å².